The molecule has 0 aliphatic rings. The summed E-state index contributed by atoms with van der Waals surface area (Å²) in [5.41, 5.74) is 0. The Bertz CT molecular complexity index is 340. The fourth-order valence-corrected chi connectivity index (χ4v) is 1.54. The number of ether oxygens (including phenoxy) is 1. The molecule has 0 aromatic carbocycles. The van der Waals surface area contributed by atoms with Crippen molar-refractivity contribution in [2.24, 2.45) is 11.8 Å². The number of hydrogen-bond donors (Lipinski definition) is 2. The Morgan fingerprint density at radius 1 is 1.05 bits per heavy atom. The van der Waals surface area contributed by atoms with Crippen LogP contribution in [0.5, 0.6) is 0 Å². The van der Waals surface area contributed by atoms with E-state index in [0.29, 0.717) is 0 Å². The molecular formula is C13H24O6S. The van der Waals surface area contributed by atoms with Crippen LogP contribution in [0, 0.1) is 11.8 Å². The molecule has 0 bridgehead atoms. The fourth-order valence-electron chi connectivity index (χ4n) is 1.54. The molecule has 0 aromatic rings. The predicted molar refractivity (Wildman–Crippen MR) is 77.8 cm³/mol. The highest BCUT2D eigenvalue weighted by Crippen LogP contribution is 2.17. The van der Waals surface area contributed by atoms with Crippen LogP contribution in [-0.4, -0.2) is 40.1 Å². The fraction of sp³-hybridized carbons (Fsp3) is 0.769. The number of Topliss-reactive ketones (excluding diaryl/α,β-unsaturated/α-hetero) is 1. The van der Waals surface area contributed by atoms with Crippen molar-refractivity contribution in [3.05, 3.63) is 0 Å². The van der Waals surface area contributed by atoms with Gasteiger partial charge in [0.25, 0.3) is 0 Å². The number of esters is 1. The Kier molecular flexibility index (Phi) is 10.4. The first-order valence-corrected chi connectivity index (χ1v) is 6.28. The molecule has 2 N–H and O–H groups in total. The summed E-state index contributed by atoms with van der Waals surface area (Å²) in [6.07, 6.45) is -2.56. The molecule has 0 aromatic heterocycles. The van der Waals surface area contributed by atoms with Crippen molar-refractivity contribution in [3.63, 3.8) is 0 Å². The lowest BCUT2D eigenvalue weighted by molar-refractivity contribution is -0.152. The third-order valence-electron chi connectivity index (χ3n) is 2.64. The first kappa shape index (κ1) is 21.2. The number of aliphatic hydroxyl groups excluding tert-OH is 1. The summed E-state index contributed by atoms with van der Waals surface area (Å²) in [6, 6.07) is 0. The van der Waals surface area contributed by atoms with Gasteiger partial charge in [-0.05, 0) is 19.8 Å². The highest BCUT2D eigenvalue weighted by atomic mass is 32.1. The quantitative estimate of drug-likeness (QED) is 0.652. The highest BCUT2D eigenvalue weighted by Gasteiger charge is 2.29. The molecule has 6 nitrogen and oxygen atoms in total. The van der Waals surface area contributed by atoms with Crippen molar-refractivity contribution in [2.45, 2.75) is 52.7 Å². The minimum absolute atomic E-state index is 0. The number of aliphatic carboxylic acids is 1. The zero-order chi connectivity index (χ0) is 15.2. The van der Waals surface area contributed by atoms with Crippen LogP contribution < -0.4 is 0 Å². The van der Waals surface area contributed by atoms with Crippen molar-refractivity contribution < 1.29 is 29.3 Å². The zero-order valence-corrected chi connectivity index (χ0v) is 13.3. The standard InChI is InChI=1S/C13H22O6.H2S/c1-7(2)9(13(17)18)5-10(14)11(15)6-12(16)19-8(3)4;/h7-9,11,15H,5-6H2,1-4H3,(H,17,18);1H2. The third-order valence-corrected chi connectivity index (χ3v) is 2.64. The largest absolute Gasteiger partial charge is 0.481 e. The molecular weight excluding hydrogens is 284 g/mol. The molecule has 0 spiro atoms. The molecule has 118 valence electrons. The maximum atomic E-state index is 11.7. The second-order valence-electron chi connectivity index (χ2n) is 5.12. The summed E-state index contributed by atoms with van der Waals surface area (Å²) < 4.78 is 4.80. The molecule has 2 unspecified atom stereocenters. The molecule has 0 rings (SSSR count). The minimum Gasteiger partial charge on any atom is -0.481 e. The number of carboxylic acid groups (broad SMARTS) is 1. The maximum Gasteiger partial charge on any atom is 0.309 e. The molecule has 0 radical (unpaired) electrons. The van der Waals surface area contributed by atoms with E-state index in [1.165, 1.54) is 0 Å². The second kappa shape index (κ2) is 9.77. The lowest BCUT2D eigenvalue weighted by Crippen LogP contribution is -2.31. The number of carbonyl (C=O) groups excluding carboxylic acids is 2. The van der Waals surface area contributed by atoms with Crippen molar-refractivity contribution in [1.29, 1.82) is 0 Å². The van der Waals surface area contributed by atoms with Gasteiger partial charge in [-0.2, -0.15) is 13.5 Å². The van der Waals surface area contributed by atoms with E-state index in [0.717, 1.165) is 0 Å². The van der Waals surface area contributed by atoms with Crippen LogP contribution >= 0.6 is 13.5 Å². The summed E-state index contributed by atoms with van der Waals surface area (Å²) in [5.74, 6) is -3.49. The summed E-state index contributed by atoms with van der Waals surface area (Å²) in [5, 5.41) is 18.5. The Hall–Kier alpha value is -1.08. The lowest BCUT2D eigenvalue weighted by Gasteiger charge is -2.17. The Labute approximate surface area is 125 Å². The summed E-state index contributed by atoms with van der Waals surface area (Å²) >= 11 is 0. The van der Waals surface area contributed by atoms with Gasteiger partial charge in [0.2, 0.25) is 0 Å². The van der Waals surface area contributed by atoms with Crippen LogP contribution in [0.2, 0.25) is 0 Å². The van der Waals surface area contributed by atoms with E-state index in [1.54, 1.807) is 27.7 Å². The van der Waals surface area contributed by atoms with Crippen LogP contribution in [0.3, 0.4) is 0 Å². The van der Waals surface area contributed by atoms with Crippen LogP contribution in [0.25, 0.3) is 0 Å². The molecule has 7 heteroatoms. The highest BCUT2D eigenvalue weighted by molar-refractivity contribution is 7.59. The molecule has 0 saturated heterocycles. The second-order valence-corrected chi connectivity index (χ2v) is 5.12. The summed E-state index contributed by atoms with van der Waals surface area (Å²) in [7, 11) is 0. The number of carbonyl (C=O) groups is 3. The van der Waals surface area contributed by atoms with Gasteiger partial charge < -0.3 is 14.9 Å². The molecule has 2 atom stereocenters. The first-order valence-electron chi connectivity index (χ1n) is 6.28. The predicted octanol–water partition coefficient (Wildman–Crippen LogP) is 1.12. The van der Waals surface area contributed by atoms with Gasteiger partial charge in [0.1, 0.15) is 6.10 Å². The first-order chi connectivity index (χ1) is 8.65. The van der Waals surface area contributed by atoms with Gasteiger partial charge in [0, 0.05) is 6.42 Å². The van der Waals surface area contributed by atoms with Crippen molar-refractivity contribution >= 4 is 31.2 Å². The summed E-state index contributed by atoms with van der Waals surface area (Å²) in [6.45, 7) is 6.69. The van der Waals surface area contributed by atoms with E-state index < -0.39 is 36.2 Å². The van der Waals surface area contributed by atoms with Gasteiger partial charge in [-0.25, -0.2) is 0 Å². The minimum atomic E-state index is -1.51. The van der Waals surface area contributed by atoms with Crippen LogP contribution in [0.1, 0.15) is 40.5 Å². The number of carboxylic acids is 1. The van der Waals surface area contributed by atoms with Gasteiger partial charge in [0.15, 0.2) is 5.78 Å². The third kappa shape index (κ3) is 8.16. The van der Waals surface area contributed by atoms with Gasteiger partial charge in [-0.15, -0.1) is 0 Å². The molecule has 0 heterocycles. The normalized spacial score (nSPS) is 13.6. The van der Waals surface area contributed by atoms with Gasteiger partial charge in [0.05, 0.1) is 18.4 Å². The lowest BCUT2D eigenvalue weighted by atomic mass is 9.89. The molecule has 0 fully saturated rings. The average molecular weight is 308 g/mol. The Morgan fingerprint density at radius 3 is 1.90 bits per heavy atom. The number of aliphatic hydroxyl groups is 1. The van der Waals surface area contributed by atoms with E-state index in [1.807, 2.05) is 0 Å². The van der Waals surface area contributed by atoms with Crippen LogP contribution in [0.15, 0.2) is 0 Å². The number of ketones is 1. The molecule has 0 aliphatic heterocycles. The van der Waals surface area contributed by atoms with E-state index in [2.05, 4.69) is 0 Å². The Morgan fingerprint density at radius 2 is 1.55 bits per heavy atom. The van der Waals surface area contributed by atoms with Crippen LogP contribution in [-0.2, 0) is 19.1 Å². The SMILES string of the molecule is CC(C)OC(=O)CC(O)C(=O)CC(C(=O)O)C(C)C.S. The molecule has 0 saturated carbocycles. The molecule has 0 aliphatic carbocycles. The van der Waals surface area contributed by atoms with E-state index in [4.69, 9.17) is 9.84 Å². The topological polar surface area (TPSA) is 101 Å². The Balaban J connectivity index is 0. The monoisotopic (exact) mass is 308 g/mol. The van der Waals surface area contributed by atoms with E-state index in [9.17, 15) is 19.5 Å². The van der Waals surface area contributed by atoms with E-state index in [-0.39, 0.29) is 31.9 Å². The van der Waals surface area contributed by atoms with Crippen molar-refractivity contribution in [2.75, 3.05) is 0 Å². The smallest absolute Gasteiger partial charge is 0.309 e. The van der Waals surface area contributed by atoms with Gasteiger partial charge in [-0.1, -0.05) is 13.8 Å². The van der Waals surface area contributed by atoms with Crippen molar-refractivity contribution in [1.82, 2.24) is 0 Å². The number of rotatable bonds is 8. The van der Waals surface area contributed by atoms with E-state index >= 15 is 0 Å². The maximum absolute atomic E-state index is 11.7. The zero-order valence-electron chi connectivity index (χ0n) is 12.3. The van der Waals surface area contributed by atoms with Gasteiger partial charge >= 0.3 is 11.9 Å². The van der Waals surface area contributed by atoms with Crippen LogP contribution in [0.4, 0.5) is 0 Å². The van der Waals surface area contributed by atoms with Gasteiger partial charge in [-0.3, -0.25) is 14.4 Å². The molecule has 0 amide bonds. The number of hydrogen-bond acceptors (Lipinski definition) is 5. The summed E-state index contributed by atoms with van der Waals surface area (Å²) in [4.78, 5) is 33.9. The average Bonchev–Trinajstić information content (AvgIpc) is 2.22. The molecule has 20 heavy (non-hydrogen) atoms. The van der Waals surface area contributed by atoms with Crippen molar-refractivity contribution in [3.8, 4) is 0 Å².